The molecular formula is C16H19Br3N2O3Si. The Labute approximate surface area is 173 Å². The van der Waals surface area contributed by atoms with Crippen molar-refractivity contribution in [2.24, 2.45) is 0 Å². The van der Waals surface area contributed by atoms with E-state index in [9.17, 15) is 9.59 Å². The van der Waals surface area contributed by atoms with Gasteiger partial charge in [0.2, 0.25) is 5.91 Å². The molecule has 2 aliphatic heterocycles. The van der Waals surface area contributed by atoms with Crippen molar-refractivity contribution in [3.05, 3.63) is 25.0 Å². The van der Waals surface area contributed by atoms with Crippen LogP contribution in [-0.2, 0) is 19.9 Å². The van der Waals surface area contributed by atoms with Crippen molar-refractivity contribution in [2.45, 2.75) is 37.6 Å². The highest BCUT2D eigenvalue weighted by Crippen LogP contribution is 2.52. The van der Waals surface area contributed by atoms with Gasteiger partial charge in [0.1, 0.15) is 6.73 Å². The third-order valence-corrected chi connectivity index (χ3v) is 9.47. The van der Waals surface area contributed by atoms with Crippen LogP contribution in [0.2, 0.25) is 25.7 Å². The summed E-state index contributed by atoms with van der Waals surface area (Å²) >= 11 is 10.6. The summed E-state index contributed by atoms with van der Waals surface area (Å²) in [4.78, 5) is 26.3. The van der Waals surface area contributed by atoms with Gasteiger partial charge in [0.05, 0.1) is 12.1 Å². The molecule has 3 rings (SSSR count). The normalized spacial score (nSPS) is 22.2. The number of nitrogens with one attached hydrogen (secondary N) is 1. The highest BCUT2D eigenvalue weighted by Gasteiger charge is 2.60. The first kappa shape index (κ1) is 19.5. The van der Waals surface area contributed by atoms with Gasteiger partial charge in [0, 0.05) is 33.7 Å². The molecule has 1 N–H and O–H groups in total. The molecule has 9 heteroatoms. The summed E-state index contributed by atoms with van der Waals surface area (Å²) in [5.74, 6) is -0.257. The van der Waals surface area contributed by atoms with Crippen molar-refractivity contribution in [3.63, 3.8) is 0 Å². The van der Waals surface area contributed by atoms with Gasteiger partial charge in [0.25, 0.3) is 5.91 Å². The molecule has 0 bridgehead atoms. The molecule has 1 aromatic rings. The molecule has 2 heterocycles. The van der Waals surface area contributed by atoms with E-state index in [2.05, 4.69) is 72.7 Å². The van der Waals surface area contributed by atoms with E-state index in [0.717, 1.165) is 30.7 Å². The molecule has 1 atom stereocenters. The Balaban J connectivity index is 1.89. The number of carbonyl (C=O) groups is 2. The Bertz CT molecular complexity index is 756. The number of hydrogen-bond acceptors (Lipinski definition) is 3. The lowest BCUT2D eigenvalue weighted by molar-refractivity contribution is -0.143. The van der Waals surface area contributed by atoms with E-state index in [1.54, 1.807) is 4.90 Å². The second-order valence-electron chi connectivity index (χ2n) is 7.59. The third kappa shape index (κ3) is 3.38. The average Bonchev–Trinajstić information content (AvgIpc) is 2.70. The Hall–Kier alpha value is -0.223. The summed E-state index contributed by atoms with van der Waals surface area (Å²) in [5.41, 5.74) is 0.581. The Morgan fingerprint density at radius 2 is 1.88 bits per heavy atom. The number of carbonyl (C=O) groups excluding carboxylic acids is 2. The topological polar surface area (TPSA) is 58.6 Å². The standard InChI is InChI=1S/C16H19Br3N2O3Si/c1-25(2,3)5-4-24-8-21-10-6-9(17)13(18)14(19)12(10)16(15(21)23)7-11(22)20-16/h6H,4-5,7-8H2,1-3H3,(H,20,22). The van der Waals surface area contributed by atoms with Crippen LogP contribution in [0.15, 0.2) is 19.5 Å². The Kier molecular flexibility index (Phi) is 5.27. The lowest BCUT2D eigenvalue weighted by atomic mass is 9.81. The molecule has 25 heavy (non-hydrogen) atoms. The minimum Gasteiger partial charge on any atom is -0.361 e. The van der Waals surface area contributed by atoms with Crippen LogP contribution >= 0.6 is 47.8 Å². The molecular weight excluding hydrogens is 536 g/mol. The molecule has 0 radical (unpaired) electrons. The van der Waals surface area contributed by atoms with E-state index in [1.807, 2.05) is 6.07 Å². The molecule has 0 aromatic heterocycles. The predicted octanol–water partition coefficient (Wildman–Crippen LogP) is 4.35. The summed E-state index contributed by atoms with van der Waals surface area (Å²) in [6.45, 7) is 7.69. The van der Waals surface area contributed by atoms with Gasteiger partial charge in [-0.2, -0.15) is 0 Å². The first-order valence-corrected chi connectivity index (χ1v) is 14.0. The van der Waals surface area contributed by atoms with Crippen LogP contribution in [0.1, 0.15) is 12.0 Å². The number of fused-ring (bicyclic) bond motifs is 2. The molecule has 5 nitrogen and oxygen atoms in total. The van der Waals surface area contributed by atoms with Gasteiger partial charge in [-0.3, -0.25) is 14.5 Å². The fraction of sp³-hybridized carbons (Fsp3) is 0.500. The van der Waals surface area contributed by atoms with E-state index in [4.69, 9.17) is 4.74 Å². The molecule has 0 saturated carbocycles. The smallest absolute Gasteiger partial charge is 0.259 e. The lowest BCUT2D eigenvalue weighted by Crippen LogP contribution is -2.63. The zero-order chi connectivity index (χ0) is 18.6. The van der Waals surface area contributed by atoms with Crippen molar-refractivity contribution in [2.75, 3.05) is 18.2 Å². The predicted molar refractivity (Wildman–Crippen MR) is 110 cm³/mol. The molecule has 136 valence electrons. The van der Waals surface area contributed by atoms with E-state index < -0.39 is 13.6 Å². The molecule has 0 aliphatic carbocycles. The maximum Gasteiger partial charge on any atom is 0.259 e. The molecule has 2 aliphatic rings. The zero-order valence-corrected chi connectivity index (χ0v) is 20.0. The first-order valence-electron chi connectivity index (χ1n) is 7.95. The second kappa shape index (κ2) is 6.74. The number of nitrogens with zero attached hydrogens (tertiary/aromatic N) is 1. The second-order valence-corrected chi connectivity index (χ2v) is 15.7. The monoisotopic (exact) mass is 552 g/mol. The Morgan fingerprint density at radius 1 is 1.24 bits per heavy atom. The summed E-state index contributed by atoms with van der Waals surface area (Å²) < 4.78 is 8.23. The number of amides is 2. The number of hydrogen-bond donors (Lipinski definition) is 1. The third-order valence-electron chi connectivity index (χ3n) is 4.46. The van der Waals surface area contributed by atoms with Gasteiger partial charge < -0.3 is 10.1 Å². The van der Waals surface area contributed by atoms with Crippen LogP contribution in [0.25, 0.3) is 0 Å². The van der Waals surface area contributed by atoms with Gasteiger partial charge in [0.15, 0.2) is 5.54 Å². The van der Waals surface area contributed by atoms with Gasteiger partial charge in [-0.05, 0) is 59.9 Å². The minimum atomic E-state index is -1.19. The number of halogens is 3. The lowest BCUT2D eigenvalue weighted by Gasteiger charge is -2.38. The van der Waals surface area contributed by atoms with Gasteiger partial charge in [-0.25, -0.2) is 0 Å². The zero-order valence-electron chi connectivity index (χ0n) is 14.2. The molecule has 1 saturated heterocycles. The summed E-state index contributed by atoms with van der Waals surface area (Å²) in [7, 11) is -1.19. The van der Waals surface area contributed by atoms with Crippen molar-refractivity contribution in [1.29, 1.82) is 0 Å². The molecule has 1 spiro atoms. The number of rotatable bonds is 5. The van der Waals surface area contributed by atoms with E-state index >= 15 is 0 Å². The van der Waals surface area contributed by atoms with E-state index in [-0.39, 0.29) is 25.0 Å². The fourth-order valence-electron chi connectivity index (χ4n) is 3.05. The fourth-order valence-corrected chi connectivity index (χ4v) is 5.56. The van der Waals surface area contributed by atoms with E-state index in [0.29, 0.717) is 6.61 Å². The quantitative estimate of drug-likeness (QED) is 0.255. The average molecular weight is 555 g/mol. The van der Waals surface area contributed by atoms with Gasteiger partial charge >= 0.3 is 0 Å². The van der Waals surface area contributed by atoms with Crippen LogP contribution in [0, 0.1) is 0 Å². The van der Waals surface area contributed by atoms with Crippen molar-refractivity contribution in [3.8, 4) is 0 Å². The highest BCUT2D eigenvalue weighted by molar-refractivity contribution is 9.14. The van der Waals surface area contributed by atoms with Crippen molar-refractivity contribution < 1.29 is 14.3 Å². The highest BCUT2D eigenvalue weighted by atomic mass is 79.9. The van der Waals surface area contributed by atoms with Crippen molar-refractivity contribution >= 4 is 73.4 Å². The molecule has 2 amide bonds. The number of ether oxygens (including phenoxy) is 1. The van der Waals surface area contributed by atoms with Crippen LogP contribution < -0.4 is 10.2 Å². The van der Waals surface area contributed by atoms with Crippen molar-refractivity contribution in [1.82, 2.24) is 5.32 Å². The first-order chi connectivity index (χ1) is 11.6. The molecule has 1 aromatic carbocycles. The van der Waals surface area contributed by atoms with Crippen LogP contribution in [-0.4, -0.2) is 33.2 Å². The van der Waals surface area contributed by atoms with Gasteiger partial charge in [-0.1, -0.05) is 19.6 Å². The molecule has 1 fully saturated rings. The maximum atomic E-state index is 13.1. The number of anilines is 1. The minimum absolute atomic E-state index is 0.119. The number of benzene rings is 1. The van der Waals surface area contributed by atoms with Crippen LogP contribution in [0.3, 0.4) is 0 Å². The Morgan fingerprint density at radius 3 is 2.44 bits per heavy atom. The maximum absolute atomic E-state index is 13.1. The van der Waals surface area contributed by atoms with Crippen LogP contribution in [0.4, 0.5) is 5.69 Å². The van der Waals surface area contributed by atoms with E-state index in [1.165, 1.54) is 0 Å². The van der Waals surface area contributed by atoms with Crippen LogP contribution in [0.5, 0.6) is 0 Å². The summed E-state index contributed by atoms with van der Waals surface area (Å²) in [6.07, 6.45) is 0.164. The largest absolute Gasteiger partial charge is 0.361 e. The molecule has 1 unspecified atom stereocenters. The SMILES string of the molecule is C[Si](C)(C)CCOCN1C(=O)C2(CC(=O)N2)c2c1cc(Br)c(Br)c2Br. The summed E-state index contributed by atoms with van der Waals surface area (Å²) in [5, 5.41) is 2.81. The number of β-lactam (4-membered cyclic amide) rings is 1. The van der Waals surface area contributed by atoms with Gasteiger partial charge in [-0.15, -0.1) is 0 Å². The summed E-state index contributed by atoms with van der Waals surface area (Å²) in [6, 6.07) is 2.93.